The van der Waals surface area contributed by atoms with Gasteiger partial charge in [-0.15, -0.1) is 0 Å². The lowest BCUT2D eigenvalue weighted by Gasteiger charge is -2.13. The lowest BCUT2D eigenvalue weighted by Crippen LogP contribution is -2.39. The minimum atomic E-state index is -0.543. The monoisotopic (exact) mass is 224 g/mol. The molecule has 0 unspecified atom stereocenters. The largest absolute Gasteiger partial charge is 0.494 e. The summed E-state index contributed by atoms with van der Waals surface area (Å²) >= 11 is 0. The van der Waals surface area contributed by atoms with E-state index in [-0.39, 0.29) is 18.1 Å². The molecule has 1 aromatic rings. The molecule has 1 saturated carbocycles. The van der Waals surface area contributed by atoms with Crippen LogP contribution in [0, 0.1) is 0 Å². The normalized spacial score (nSPS) is 16.8. The first kappa shape index (κ1) is 10.7. The second-order valence-electron chi connectivity index (χ2n) is 4.01. The van der Waals surface area contributed by atoms with Gasteiger partial charge in [-0.05, 0) is 12.8 Å². The maximum absolute atomic E-state index is 11.7. The quantitative estimate of drug-likeness (QED) is 0.547. The molecule has 86 valence electrons. The topological polar surface area (TPSA) is 102 Å². The highest BCUT2D eigenvalue weighted by Crippen LogP contribution is 2.34. The van der Waals surface area contributed by atoms with Crippen molar-refractivity contribution in [2.45, 2.75) is 18.4 Å². The number of hydrogen-bond acceptors (Lipinski definition) is 4. The summed E-state index contributed by atoms with van der Waals surface area (Å²) in [5.74, 6) is -0.820. The van der Waals surface area contributed by atoms with Crippen molar-refractivity contribution in [2.75, 3.05) is 6.61 Å². The number of nitrogens with one attached hydrogen (secondary N) is 2. The van der Waals surface area contributed by atoms with Crippen LogP contribution in [0.2, 0.25) is 0 Å². The summed E-state index contributed by atoms with van der Waals surface area (Å²) in [6, 6.07) is 2.27. The van der Waals surface area contributed by atoms with Crippen molar-refractivity contribution in [3.05, 3.63) is 28.0 Å². The Labute approximate surface area is 90.9 Å². The van der Waals surface area contributed by atoms with Crippen LogP contribution in [-0.4, -0.2) is 33.3 Å². The molecule has 2 rings (SSSR count). The highest BCUT2D eigenvalue weighted by Gasteiger charge is 2.43. The van der Waals surface area contributed by atoms with Crippen LogP contribution >= 0.6 is 0 Å². The Morgan fingerprint density at radius 2 is 2.19 bits per heavy atom. The number of hydrogen-bond donors (Lipinski definition) is 4. The summed E-state index contributed by atoms with van der Waals surface area (Å²) in [6.07, 6.45) is 1.45. The number of aromatic hydroxyl groups is 1. The number of carbonyl (C=O) groups is 1. The van der Waals surface area contributed by atoms with E-state index in [1.165, 1.54) is 6.07 Å². The van der Waals surface area contributed by atoms with Gasteiger partial charge in [-0.25, -0.2) is 0 Å². The number of aromatic amines is 1. The van der Waals surface area contributed by atoms with E-state index < -0.39 is 17.0 Å². The number of amides is 1. The van der Waals surface area contributed by atoms with Gasteiger partial charge in [0.2, 0.25) is 0 Å². The molecule has 1 fully saturated rings. The van der Waals surface area contributed by atoms with Crippen molar-refractivity contribution in [2.24, 2.45) is 0 Å². The summed E-state index contributed by atoms with van der Waals surface area (Å²) in [6.45, 7) is -0.117. The fraction of sp³-hybridized carbons (Fsp3) is 0.400. The molecule has 1 aromatic heterocycles. The first-order valence-corrected chi connectivity index (χ1v) is 4.91. The van der Waals surface area contributed by atoms with E-state index in [2.05, 4.69) is 10.3 Å². The number of H-pyrrole nitrogens is 1. The third-order valence-corrected chi connectivity index (χ3v) is 2.63. The molecule has 0 bridgehead atoms. The van der Waals surface area contributed by atoms with Gasteiger partial charge in [0.25, 0.3) is 11.5 Å². The minimum Gasteiger partial charge on any atom is -0.494 e. The number of aliphatic hydroxyl groups excluding tert-OH is 1. The van der Waals surface area contributed by atoms with Gasteiger partial charge in [0.05, 0.1) is 17.7 Å². The maximum atomic E-state index is 11.7. The molecule has 1 aliphatic carbocycles. The SMILES string of the molecule is O=C(NC1(CO)CC1)c1cc(O)[nH]c(=O)c1. The molecule has 1 aliphatic rings. The molecule has 0 radical (unpaired) electrons. The molecule has 0 atom stereocenters. The minimum absolute atomic E-state index is 0.0842. The van der Waals surface area contributed by atoms with Gasteiger partial charge in [0.15, 0.2) is 5.88 Å². The van der Waals surface area contributed by atoms with E-state index in [1.54, 1.807) is 0 Å². The van der Waals surface area contributed by atoms with Gasteiger partial charge in [-0.2, -0.15) is 0 Å². The van der Waals surface area contributed by atoms with Crippen LogP contribution in [0.5, 0.6) is 5.88 Å². The zero-order valence-corrected chi connectivity index (χ0v) is 8.49. The van der Waals surface area contributed by atoms with Gasteiger partial charge < -0.3 is 15.5 Å². The van der Waals surface area contributed by atoms with Crippen molar-refractivity contribution in [3.63, 3.8) is 0 Å². The molecule has 4 N–H and O–H groups in total. The third-order valence-electron chi connectivity index (χ3n) is 2.63. The van der Waals surface area contributed by atoms with Gasteiger partial charge in [0, 0.05) is 12.1 Å². The standard InChI is InChI=1S/C10H12N2O4/c13-5-10(1-2-10)12-9(16)6-3-7(14)11-8(15)4-6/h3-4,13H,1-2,5H2,(H,12,16)(H2,11,14,15). The number of aromatic nitrogens is 1. The first-order chi connectivity index (χ1) is 7.54. The molecular weight excluding hydrogens is 212 g/mol. The van der Waals surface area contributed by atoms with Crippen molar-refractivity contribution >= 4 is 5.91 Å². The van der Waals surface area contributed by atoms with Gasteiger partial charge in [-0.3, -0.25) is 14.6 Å². The van der Waals surface area contributed by atoms with Crippen LogP contribution in [0.3, 0.4) is 0 Å². The molecule has 16 heavy (non-hydrogen) atoms. The smallest absolute Gasteiger partial charge is 0.252 e. The Balaban J connectivity index is 2.18. The average Bonchev–Trinajstić information content (AvgIpc) is 2.97. The summed E-state index contributed by atoms with van der Waals surface area (Å²) in [4.78, 5) is 24.8. The van der Waals surface area contributed by atoms with Crippen LogP contribution in [0.1, 0.15) is 23.2 Å². The van der Waals surface area contributed by atoms with E-state index in [4.69, 9.17) is 10.2 Å². The van der Waals surface area contributed by atoms with Crippen LogP contribution in [0.4, 0.5) is 0 Å². The number of aliphatic hydroxyl groups is 1. The van der Waals surface area contributed by atoms with Crippen LogP contribution in [0.15, 0.2) is 16.9 Å². The summed E-state index contributed by atoms with van der Waals surface area (Å²) in [5.41, 5.74) is -0.991. The third kappa shape index (κ3) is 2.06. The molecule has 1 amide bonds. The Morgan fingerprint density at radius 3 is 2.69 bits per heavy atom. The zero-order valence-electron chi connectivity index (χ0n) is 8.49. The fourth-order valence-electron chi connectivity index (χ4n) is 1.45. The van der Waals surface area contributed by atoms with E-state index in [0.717, 1.165) is 18.9 Å². The van der Waals surface area contributed by atoms with Crippen molar-refractivity contribution < 1.29 is 15.0 Å². The van der Waals surface area contributed by atoms with Gasteiger partial charge >= 0.3 is 0 Å². The Morgan fingerprint density at radius 1 is 1.50 bits per heavy atom. The molecule has 0 spiro atoms. The van der Waals surface area contributed by atoms with Crippen LogP contribution in [-0.2, 0) is 0 Å². The predicted molar refractivity (Wildman–Crippen MR) is 55.2 cm³/mol. The first-order valence-electron chi connectivity index (χ1n) is 4.91. The van der Waals surface area contributed by atoms with Gasteiger partial charge in [-0.1, -0.05) is 0 Å². The number of carbonyl (C=O) groups excluding carboxylic acids is 1. The van der Waals surface area contributed by atoms with Crippen molar-refractivity contribution in [1.82, 2.24) is 10.3 Å². The van der Waals surface area contributed by atoms with Crippen molar-refractivity contribution in [1.29, 1.82) is 0 Å². The second kappa shape index (κ2) is 3.64. The highest BCUT2D eigenvalue weighted by molar-refractivity contribution is 5.95. The zero-order chi connectivity index (χ0) is 11.8. The summed E-state index contributed by atoms with van der Waals surface area (Å²) in [5, 5.41) is 20.8. The average molecular weight is 224 g/mol. The maximum Gasteiger partial charge on any atom is 0.252 e. The van der Waals surface area contributed by atoms with Crippen LogP contribution < -0.4 is 10.9 Å². The predicted octanol–water partition coefficient (Wildman–Crippen LogP) is -0.665. The fourth-order valence-corrected chi connectivity index (χ4v) is 1.45. The summed E-state index contributed by atoms with van der Waals surface area (Å²) < 4.78 is 0. The lowest BCUT2D eigenvalue weighted by molar-refractivity contribution is 0.0906. The molecule has 6 nitrogen and oxygen atoms in total. The molecule has 1 heterocycles. The Hall–Kier alpha value is -1.82. The highest BCUT2D eigenvalue weighted by atomic mass is 16.3. The molecule has 0 saturated heterocycles. The molecule has 6 heteroatoms. The van der Waals surface area contributed by atoms with E-state index >= 15 is 0 Å². The summed E-state index contributed by atoms with van der Waals surface area (Å²) in [7, 11) is 0. The van der Waals surface area contributed by atoms with E-state index in [9.17, 15) is 9.59 Å². The number of pyridine rings is 1. The van der Waals surface area contributed by atoms with Crippen LogP contribution in [0.25, 0.3) is 0 Å². The lowest BCUT2D eigenvalue weighted by atomic mass is 10.2. The Kier molecular flexibility index (Phi) is 2.43. The number of rotatable bonds is 3. The van der Waals surface area contributed by atoms with E-state index in [1.807, 2.05) is 0 Å². The van der Waals surface area contributed by atoms with Crippen molar-refractivity contribution in [3.8, 4) is 5.88 Å². The Bertz CT molecular complexity index is 476. The second-order valence-corrected chi connectivity index (χ2v) is 4.01. The molecule has 0 aromatic carbocycles. The van der Waals surface area contributed by atoms with Gasteiger partial charge in [0.1, 0.15) is 0 Å². The van der Waals surface area contributed by atoms with E-state index in [0.29, 0.717) is 0 Å². The molecular formula is C10H12N2O4. The molecule has 0 aliphatic heterocycles.